The molecule has 1 aromatic carbocycles. The van der Waals surface area contributed by atoms with E-state index in [9.17, 15) is 14.4 Å². The number of likely N-dealkylation sites (tertiary alicyclic amines) is 1. The molecule has 0 spiro atoms. The van der Waals surface area contributed by atoms with E-state index in [1.54, 1.807) is 12.1 Å². The van der Waals surface area contributed by atoms with Crippen molar-refractivity contribution < 1.29 is 14.4 Å². The Balaban J connectivity index is 1.80. The molecule has 1 aliphatic heterocycles. The maximum Gasteiger partial charge on any atom is 0.254 e. The zero-order chi connectivity index (χ0) is 16.6. The summed E-state index contributed by atoms with van der Waals surface area (Å²) in [7, 11) is 0. The van der Waals surface area contributed by atoms with Crippen molar-refractivity contribution in [3.8, 4) is 0 Å². The van der Waals surface area contributed by atoms with E-state index in [0.717, 1.165) is 24.8 Å². The van der Waals surface area contributed by atoms with Crippen LogP contribution in [-0.2, 0) is 9.59 Å². The quantitative estimate of drug-likeness (QED) is 0.880. The molecule has 122 valence electrons. The normalized spacial score (nSPS) is 20.4. The molecule has 1 heterocycles. The first-order valence-electron chi connectivity index (χ1n) is 7.99. The van der Waals surface area contributed by atoms with E-state index in [0.29, 0.717) is 24.2 Å². The third-order valence-corrected chi connectivity index (χ3v) is 4.53. The van der Waals surface area contributed by atoms with Crippen molar-refractivity contribution in [2.24, 2.45) is 11.7 Å². The number of carbonyl (C=O) groups excluding carboxylic acids is 3. The smallest absolute Gasteiger partial charge is 0.254 e. The highest BCUT2D eigenvalue weighted by Gasteiger charge is 2.33. The van der Waals surface area contributed by atoms with Gasteiger partial charge in [0.1, 0.15) is 6.04 Å². The van der Waals surface area contributed by atoms with Crippen LogP contribution in [0.5, 0.6) is 0 Å². The topological polar surface area (TPSA) is 92.5 Å². The van der Waals surface area contributed by atoms with Gasteiger partial charge in [0.15, 0.2) is 0 Å². The standard InChI is InChI=1S/C17H21N3O3/c1-10-4-5-12(9-13(10)19-16(22)11-6-7-11)17(23)20-8-2-3-14(20)15(18)21/h4-5,9,11,14H,2-3,6-8H2,1H3,(H2,18,21)(H,19,22)/t14-/m1/s1. The minimum Gasteiger partial charge on any atom is -0.368 e. The van der Waals surface area contributed by atoms with Crippen molar-refractivity contribution in [1.29, 1.82) is 0 Å². The number of nitrogens with zero attached hydrogens (tertiary/aromatic N) is 1. The number of hydrogen-bond donors (Lipinski definition) is 2. The number of aryl methyl sites for hydroxylation is 1. The van der Waals surface area contributed by atoms with E-state index in [4.69, 9.17) is 5.73 Å². The fourth-order valence-electron chi connectivity index (χ4n) is 2.94. The van der Waals surface area contributed by atoms with Crippen molar-refractivity contribution in [2.75, 3.05) is 11.9 Å². The number of anilines is 1. The molecule has 3 N–H and O–H groups in total. The SMILES string of the molecule is Cc1ccc(C(=O)N2CCC[C@@H]2C(N)=O)cc1NC(=O)C1CC1. The minimum atomic E-state index is -0.534. The number of nitrogens with two attached hydrogens (primary N) is 1. The first-order valence-corrected chi connectivity index (χ1v) is 7.99. The molecule has 1 saturated heterocycles. The maximum absolute atomic E-state index is 12.7. The van der Waals surface area contributed by atoms with E-state index >= 15 is 0 Å². The molecule has 0 aromatic heterocycles. The van der Waals surface area contributed by atoms with Gasteiger partial charge in [-0.05, 0) is 50.3 Å². The summed E-state index contributed by atoms with van der Waals surface area (Å²) in [5.41, 5.74) is 7.40. The highest BCUT2D eigenvalue weighted by atomic mass is 16.2. The molecule has 3 amide bonds. The van der Waals surface area contributed by atoms with Gasteiger partial charge in [-0.2, -0.15) is 0 Å². The lowest BCUT2D eigenvalue weighted by atomic mass is 10.1. The van der Waals surface area contributed by atoms with Gasteiger partial charge in [-0.3, -0.25) is 14.4 Å². The number of amides is 3. The van der Waals surface area contributed by atoms with E-state index in [-0.39, 0.29) is 17.7 Å². The van der Waals surface area contributed by atoms with Crippen LogP contribution in [0, 0.1) is 12.8 Å². The van der Waals surface area contributed by atoms with Gasteiger partial charge in [-0.15, -0.1) is 0 Å². The second kappa shape index (κ2) is 6.02. The van der Waals surface area contributed by atoms with Crippen LogP contribution < -0.4 is 11.1 Å². The Kier molecular flexibility index (Phi) is 4.07. The van der Waals surface area contributed by atoms with Gasteiger partial charge >= 0.3 is 0 Å². The third-order valence-electron chi connectivity index (χ3n) is 4.53. The summed E-state index contributed by atoms with van der Waals surface area (Å²) in [4.78, 5) is 37.6. The Labute approximate surface area is 135 Å². The predicted molar refractivity (Wildman–Crippen MR) is 85.8 cm³/mol. The van der Waals surface area contributed by atoms with Gasteiger partial charge in [-0.1, -0.05) is 6.07 Å². The van der Waals surface area contributed by atoms with Gasteiger partial charge in [0.25, 0.3) is 5.91 Å². The second-order valence-corrected chi connectivity index (χ2v) is 6.35. The molecule has 0 bridgehead atoms. The summed E-state index contributed by atoms with van der Waals surface area (Å²) in [6, 6.07) is 4.69. The van der Waals surface area contributed by atoms with Crippen LogP contribution in [0.3, 0.4) is 0 Å². The molecule has 0 unspecified atom stereocenters. The number of primary amides is 1. The summed E-state index contributed by atoms with van der Waals surface area (Å²) < 4.78 is 0. The molecule has 6 nitrogen and oxygen atoms in total. The molecule has 23 heavy (non-hydrogen) atoms. The van der Waals surface area contributed by atoms with Crippen LogP contribution in [0.4, 0.5) is 5.69 Å². The van der Waals surface area contributed by atoms with Gasteiger partial charge in [0.05, 0.1) is 0 Å². The van der Waals surface area contributed by atoms with E-state index in [1.165, 1.54) is 4.90 Å². The number of nitrogens with one attached hydrogen (secondary N) is 1. The van der Waals surface area contributed by atoms with E-state index in [2.05, 4.69) is 5.32 Å². The average molecular weight is 315 g/mol. The molecule has 2 aliphatic rings. The molecule has 1 atom stereocenters. The van der Waals surface area contributed by atoms with Crippen molar-refractivity contribution in [3.63, 3.8) is 0 Å². The summed E-state index contributed by atoms with van der Waals surface area (Å²) >= 11 is 0. The molecule has 1 saturated carbocycles. The highest BCUT2D eigenvalue weighted by molar-refractivity contribution is 6.00. The molecule has 0 radical (unpaired) electrons. The van der Waals surface area contributed by atoms with Gasteiger partial charge in [0, 0.05) is 23.7 Å². The number of benzene rings is 1. The predicted octanol–water partition coefficient (Wildman–Crippen LogP) is 1.43. The van der Waals surface area contributed by atoms with Crippen LogP contribution in [-0.4, -0.2) is 35.2 Å². The largest absolute Gasteiger partial charge is 0.368 e. The molecule has 1 aromatic rings. The Hall–Kier alpha value is -2.37. The third kappa shape index (κ3) is 3.21. The monoisotopic (exact) mass is 315 g/mol. The highest BCUT2D eigenvalue weighted by Crippen LogP contribution is 2.31. The summed E-state index contributed by atoms with van der Waals surface area (Å²) in [6.07, 6.45) is 3.24. The lowest BCUT2D eigenvalue weighted by Gasteiger charge is -2.22. The van der Waals surface area contributed by atoms with Crippen molar-refractivity contribution in [3.05, 3.63) is 29.3 Å². The first-order chi connectivity index (χ1) is 11.0. The summed E-state index contributed by atoms with van der Waals surface area (Å²) in [5, 5.41) is 2.89. The second-order valence-electron chi connectivity index (χ2n) is 6.35. The molecular formula is C17H21N3O3. The summed E-state index contributed by atoms with van der Waals surface area (Å²) in [6.45, 7) is 2.42. The Bertz CT molecular complexity index is 667. The molecule has 6 heteroatoms. The van der Waals surface area contributed by atoms with Crippen molar-refractivity contribution >= 4 is 23.4 Å². The van der Waals surface area contributed by atoms with Gasteiger partial charge < -0.3 is 16.0 Å². The Morgan fingerprint density at radius 2 is 1.96 bits per heavy atom. The molecule has 3 rings (SSSR count). The van der Waals surface area contributed by atoms with Crippen LogP contribution in [0.15, 0.2) is 18.2 Å². The average Bonchev–Trinajstić information content (AvgIpc) is 3.25. The number of rotatable bonds is 4. The zero-order valence-electron chi connectivity index (χ0n) is 13.2. The number of hydrogen-bond acceptors (Lipinski definition) is 3. The summed E-state index contributed by atoms with van der Waals surface area (Å²) in [5.74, 6) is -0.570. The zero-order valence-corrected chi connectivity index (χ0v) is 13.2. The van der Waals surface area contributed by atoms with Gasteiger partial charge in [0.2, 0.25) is 11.8 Å². The first kappa shape index (κ1) is 15.5. The number of carbonyl (C=O) groups is 3. The van der Waals surface area contributed by atoms with E-state index in [1.807, 2.05) is 13.0 Å². The Morgan fingerprint density at radius 3 is 2.61 bits per heavy atom. The van der Waals surface area contributed by atoms with Crippen molar-refractivity contribution in [2.45, 2.75) is 38.6 Å². The Morgan fingerprint density at radius 1 is 1.22 bits per heavy atom. The fourth-order valence-corrected chi connectivity index (χ4v) is 2.94. The van der Waals surface area contributed by atoms with Crippen LogP contribution in [0.25, 0.3) is 0 Å². The van der Waals surface area contributed by atoms with Gasteiger partial charge in [-0.25, -0.2) is 0 Å². The lowest BCUT2D eigenvalue weighted by Crippen LogP contribution is -2.43. The van der Waals surface area contributed by atoms with E-state index < -0.39 is 11.9 Å². The van der Waals surface area contributed by atoms with Crippen LogP contribution >= 0.6 is 0 Å². The molecule has 2 fully saturated rings. The van der Waals surface area contributed by atoms with Crippen molar-refractivity contribution in [1.82, 2.24) is 4.90 Å². The lowest BCUT2D eigenvalue weighted by molar-refractivity contribution is -0.121. The fraction of sp³-hybridized carbons (Fsp3) is 0.471. The van der Waals surface area contributed by atoms with Crippen LogP contribution in [0.1, 0.15) is 41.6 Å². The minimum absolute atomic E-state index is 0.00823. The maximum atomic E-state index is 12.7. The molecule has 1 aliphatic carbocycles. The van der Waals surface area contributed by atoms with Crippen LogP contribution in [0.2, 0.25) is 0 Å². The molecular weight excluding hydrogens is 294 g/mol.